The molecule has 8 heteroatoms. The molecule has 3 aromatic rings. The molecule has 1 fully saturated rings. The lowest BCUT2D eigenvalue weighted by Gasteiger charge is -2.35. The van der Waals surface area contributed by atoms with E-state index < -0.39 is 4.92 Å². The van der Waals surface area contributed by atoms with Gasteiger partial charge in [0.15, 0.2) is 0 Å². The Hall–Kier alpha value is -4.20. The van der Waals surface area contributed by atoms with Gasteiger partial charge in [0.05, 0.1) is 4.92 Å². The third-order valence-electron chi connectivity index (χ3n) is 5.65. The van der Waals surface area contributed by atoms with Gasteiger partial charge in [-0.1, -0.05) is 35.9 Å². The number of aryl methyl sites for hydroxylation is 1. The fourth-order valence-corrected chi connectivity index (χ4v) is 3.77. The molecule has 0 radical (unpaired) electrons. The molecule has 2 amide bonds. The van der Waals surface area contributed by atoms with Gasteiger partial charge in [0.2, 0.25) is 0 Å². The van der Waals surface area contributed by atoms with Crippen LogP contribution in [-0.4, -0.2) is 52.7 Å². The van der Waals surface area contributed by atoms with Crippen LogP contribution in [0.2, 0.25) is 0 Å². The average Bonchev–Trinajstić information content (AvgIpc) is 2.84. The second kappa shape index (κ2) is 9.52. The quantitative estimate of drug-likeness (QED) is 0.469. The number of nitro groups is 1. The third kappa shape index (κ3) is 5.01. The molecule has 1 aliphatic heterocycles. The number of nitrogens with one attached hydrogen (secondary N) is 1. The Labute approximate surface area is 191 Å². The lowest BCUT2D eigenvalue weighted by Crippen LogP contribution is -2.50. The van der Waals surface area contributed by atoms with Crippen LogP contribution in [0.5, 0.6) is 0 Å². The number of rotatable bonds is 5. The smallest absolute Gasteiger partial charge is 0.293 e. The zero-order valence-electron chi connectivity index (χ0n) is 18.2. The van der Waals surface area contributed by atoms with Crippen molar-refractivity contribution in [2.24, 2.45) is 0 Å². The van der Waals surface area contributed by atoms with E-state index in [4.69, 9.17) is 0 Å². The molecule has 1 N–H and O–H groups in total. The van der Waals surface area contributed by atoms with Crippen molar-refractivity contribution >= 4 is 28.9 Å². The number of hydrogen-bond acceptors (Lipinski definition) is 5. The van der Waals surface area contributed by atoms with E-state index in [0.717, 1.165) is 5.56 Å². The summed E-state index contributed by atoms with van der Waals surface area (Å²) in [5, 5.41) is 14.7. The second-order valence-electron chi connectivity index (χ2n) is 7.93. The highest BCUT2D eigenvalue weighted by Crippen LogP contribution is 2.29. The average molecular weight is 444 g/mol. The van der Waals surface area contributed by atoms with Gasteiger partial charge in [0.1, 0.15) is 5.69 Å². The van der Waals surface area contributed by atoms with Crippen molar-refractivity contribution in [1.29, 1.82) is 0 Å². The van der Waals surface area contributed by atoms with Gasteiger partial charge in [0, 0.05) is 49.1 Å². The van der Waals surface area contributed by atoms with E-state index >= 15 is 0 Å². The fraction of sp³-hybridized carbons (Fsp3) is 0.200. The van der Waals surface area contributed by atoms with E-state index in [9.17, 15) is 19.7 Å². The van der Waals surface area contributed by atoms with Crippen LogP contribution in [-0.2, 0) is 0 Å². The lowest BCUT2D eigenvalue weighted by atomic mass is 10.1. The number of carbonyl (C=O) groups is 2. The van der Waals surface area contributed by atoms with Crippen LogP contribution in [0, 0.1) is 17.0 Å². The zero-order chi connectivity index (χ0) is 23.4. The molecule has 1 heterocycles. The Balaban J connectivity index is 1.44. The number of amides is 2. The molecular formula is C25H24N4O4. The number of hydrogen-bond donors (Lipinski definition) is 1. The van der Waals surface area contributed by atoms with E-state index in [1.54, 1.807) is 46.2 Å². The summed E-state index contributed by atoms with van der Waals surface area (Å²) < 4.78 is 0. The SMILES string of the molecule is Cc1ccc(C(=O)N2CCN(C(=O)c3ccc(Nc4ccccc4)c([N+](=O)[O-])c3)CC2)cc1. The Morgan fingerprint density at radius 1 is 0.818 bits per heavy atom. The zero-order valence-corrected chi connectivity index (χ0v) is 18.2. The highest BCUT2D eigenvalue weighted by Gasteiger charge is 2.27. The molecule has 33 heavy (non-hydrogen) atoms. The first-order valence-electron chi connectivity index (χ1n) is 10.7. The van der Waals surface area contributed by atoms with E-state index in [-0.39, 0.29) is 23.1 Å². The first-order chi connectivity index (χ1) is 15.9. The molecule has 3 aromatic carbocycles. The maximum atomic E-state index is 13.0. The summed E-state index contributed by atoms with van der Waals surface area (Å²) in [6.07, 6.45) is 0. The largest absolute Gasteiger partial charge is 0.350 e. The van der Waals surface area contributed by atoms with Gasteiger partial charge in [-0.3, -0.25) is 19.7 Å². The third-order valence-corrected chi connectivity index (χ3v) is 5.65. The summed E-state index contributed by atoms with van der Waals surface area (Å²) in [5.41, 5.74) is 2.82. The van der Waals surface area contributed by atoms with Gasteiger partial charge < -0.3 is 15.1 Å². The number of anilines is 2. The van der Waals surface area contributed by atoms with E-state index in [0.29, 0.717) is 43.1 Å². The molecule has 0 aromatic heterocycles. The van der Waals surface area contributed by atoms with Gasteiger partial charge in [-0.05, 0) is 43.3 Å². The Morgan fingerprint density at radius 2 is 1.36 bits per heavy atom. The van der Waals surface area contributed by atoms with Gasteiger partial charge in [-0.25, -0.2) is 0 Å². The van der Waals surface area contributed by atoms with Crippen molar-refractivity contribution in [3.05, 3.63) is 99.6 Å². The number of nitro benzene ring substituents is 1. The fourth-order valence-electron chi connectivity index (χ4n) is 3.77. The predicted octanol–water partition coefficient (Wildman–Crippen LogP) is 4.25. The molecule has 0 spiro atoms. The summed E-state index contributed by atoms with van der Waals surface area (Å²) in [5.74, 6) is -0.346. The highest BCUT2D eigenvalue weighted by atomic mass is 16.6. The first kappa shape index (κ1) is 22.0. The van der Waals surface area contributed by atoms with E-state index in [2.05, 4.69) is 5.32 Å². The minimum atomic E-state index is -0.500. The number of piperazine rings is 1. The number of para-hydroxylation sites is 1. The maximum absolute atomic E-state index is 13.0. The first-order valence-corrected chi connectivity index (χ1v) is 10.7. The molecule has 0 atom stereocenters. The van der Waals surface area contributed by atoms with Gasteiger partial charge >= 0.3 is 0 Å². The molecular weight excluding hydrogens is 420 g/mol. The van der Waals surface area contributed by atoms with Crippen LogP contribution < -0.4 is 5.32 Å². The number of benzene rings is 3. The van der Waals surface area contributed by atoms with Crippen LogP contribution in [0.1, 0.15) is 26.3 Å². The van der Waals surface area contributed by atoms with Crippen LogP contribution in [0.25, 0.3) is 0 Å². The molecule has 4 rings (SSSR count). The van der Waals surface area contributed by atoms with E-state index in [1.807, 2.05) is 37.3 Å². The number of nitrogens with zero attached hydrogens (tertiary/aromatic N) is 3. The minimum Gasteiger partial charge on any atom is -0.350 e. The molecule has 0 aliphatic carbocycles. The Kier molecular flexibility index (Phi) is 6.35. The topological polar surface area (TPSA) is 95.8 Å². The summed E-state index contributed by atoms with van der Waals surface area (Å²) >= 11 is 0. The van der Waals surface area contributed by atoms with Crippen LogP contribution in [0.4, 0.5) is 17.1 Å². The maximum Gasteiger partial charge on any atom is 0.293 e. The van der Waals surface area contributed by atoms with Crippen molar-refractivity contribution < 1.29 is 14.5 Å². The molecule has 0 bridgehead atoms. The molecule has 1 aliphatic rings. The number of carbonyl (C=O) groups excluding carboxylic acids is 2. The van der Waals surface area contributed by atoms with Crippen molar-refractivity contribution in [2.75, 3.05) is 31.5 Å². The summed E-state index contributed by atoms with van der Waals surface area (Å²) in [4.78, 5) is 40.2. The van der Waals surface area contributed by atoms with Crippen LogP contribution in [0.3, 0.4) is 0 Å². The molecule has 0 saturated carbocycles. The van der Waals surface area contributed by atoms with Crippen molar-refractivity contribution in [1.82, 2.24) is 9.80 Å². The normalized spacial score (nSPS) is 13.5. The predicted molar refractivity (Wildman–Crippen MR) is 126 cm³/mol. The summed E-state index contributed by atoms with van der Waals surface area (Å²) in [6, 6.07) is 21.0. The molecule has 8 nitrogen and oxygen atoms in total. The van der Waals surface area contributed by atoms with Crippen LogP contribution >= 0.6 is 0 Å². The van der Waals surface area contributed by atoms with Crippen molar-refractivity contribution in [2.45, 2.75) is 6.92 Å². The summed E-state index contributed by atoms with van der Waals surface area (Å²) in [6.45, 7) is 3.53. The standard InChI is InChI=1S/C25H24N4O4/c1-18-7-9-19(10-8-18)24(30)27-13-15-28(16-14-27)25(31)20-11-12-22(23(17-20)29(32)33)26-21-5-3-2-4-6-21/h2-12,17,26H,13-16H2,1H3. The molecule has 0 unspecified atom stereocenters. The van der Waals surface area contributed by atoms with Crippen molar-refractivity contribution in [3.8, 4) is 0 Å². The monoisotopic (exact) mass is 444 g/mol. The van der Waals surface area contributed by atoms with Gasteiger partial charge in [-0.15, -0.1) is 0 Å². The van der Waals surface area contributed by atoms with Crippen LogP contribution in [0.15, 0.2) is 72.8 Å². The second-order valence-corrected chi connectivity index (χ2v) is 7.93. The summed E-state index contributed by atoms with van der Waals surface area (Å²) in [7, 11) is 0. The van der Waals surface area contributed by atoms with Gasteiger partial charge in [0.25, 0.3) is 17.5 Å². The minimum absolute atomic E-state index is 0.0610. The highest BCUT2D eigenvalue weighted by molar-refractivity contribution is 5.97. The molecule has 1 saturated heterocycles. The Bertz CT molecular complexity index is 1170. The van der Waals surface area contributed by atoms with E-state index in [1.165, 1.54) is 6.07 Å². The Morgan fingerprint density at radius 3 is 1.94 bits per heavy atom. The lowest BCUT2D eigenvalue weighted by molar-refractivity contribution is -0.383. The van der Waals surface area contributed by atoms with Crippen molar-refractivity contribution in [3.63, 3.8) is 0 Å². The molecule has 168 valence electrons. The van der Waals surface area contributed by atoms with Gasteiger partial charge in [-0.2, -0.15) is 0 Å².